The van der Waals surface area contributed by atoms with Gasteiger partial charge in [-0.3, -0.25) is 4.79 Å². The Morgan fingerprint density at radius 2 is 2.09 bits per heavy atom. The molecular formula is C5H4FNO3S. The minimum Gasteiger partial charge on any atom is -0.329 e. The molecule has 0 saturated heterocycles. The van der Waals surface area contributed by atoms with Crippen molar-refractivity contribution in [1.29, 1.82) is 0 Å². The van der Waals surface area contributed by atoms with Gasteiger partial charge in [-0.2, -0.15) is 8.42 Å². The predicted octanol–water partition coefficient (Wildman–Crippen LogP) is 0.0331. The van der Waals surface area contributed by atoms with Crippen molar-refractivity contribution in [2.24, 2.45) is 0 Å². The molecule has 60 valence electrons. The second-order valence-corrected chi connectivity index (χ2v) is 3.17. The first kappa shape index (κ1) is 7.93. The van der Waals surface area contributed by atoms with Gasteiger partial charge in [-0.05, 0) is 6.07 Å². The number of hydrogen-bond acceptors (Lipinski definition) is 3. The summed E-state index contributed by atoms with van der Waals surface area (Å²) in [4.78, 5) is 12.0. The summed E-state index contributed by atoms with van der Waals surface area (Å²) in [5.74, 6) is 0. The second kappa shape index (κ2) is 2.46. The zero-order valence-corrected chi connectivity index (χ0v) is 6.06. The molecule has 1 aromatic heterocycles. The first-order valence-electron chi connectivity index (χ1n) is 2.63. The number of H-pyrrole nitrogens is 1. The van der Waals surface area contributed by atoms with E-state index in [4.69, 9.17) is 0 Å². The molecule has 1 heterocycles. The minimum absolute atomic E-state index is 0.624. The minimum atomic E-state index is -4.75. The van der Waals surface area contributed by atoms with Crippen molar-refractivity contribution >= 4 is 10.2 Å². The second-order valence-electron chi connectivity index (χ2n) is 1.83. The largest absolute Gasteiger partial charge is 0.332 e. The van der Waals surface area contributed by atoms with Gasteiger partial charge in [0.2, 0.25) is 5.56 Å². The topological polar surface area (TPSA) is 67.0 Å². The quantitative estimate of drug-likeness (QED) is 0.615. The molecule has 0 aliphatic heterocycles. The van der Waals surface area contributed by atoms with Crippen LogP contribution >= 0.6 is 0 Å². The third kappa shape index (κ3) is 1.87. The van der Waals surface area contributed by atoms with Crippen molar-refractivity contribution in [2.75, 3.05) is 0 Å². The number of pyridine rings is 1. The molecule has 4 nitrogen and oxygen atoms in total. The molecule has 0 bridgehead atoms. The molecule has 0 atom stereocenters. The summed E-state index contributed by atoms with van der Waals surface area (Å²) in [5.41, 5.74) is -0.649. The van der Waals surface area contributed by atoms with Gasteiger partial charge in [0.25, 0.3) is 0 Å². The van der Waals surface area contributed by atoms with Crippen LogP contribution in [0.15, 0.2) is 28.0 Å². The third-order valence-electron chi connectivity index (χ3n) is 1.03. The van der Waals surface area contributed by atoms with Crippen LogP contribution < -0.4 is 5.56 Å². The van der Waals surface area contributed by atoms with E-state index in [1.54, 1.807) is 0 Å². The fourth-order valence-electron chi connectivity index (χ4n) is 0.577. The molecule has 0 fully saturated rings. The number of rotatable bonds is 1. The van der Waals surface area contributed by atoms with Crippen molar-refractivity contribution in [3.8, 4) is 0 Å². The van der Waals surface area contributed by atoms with Crippen LogP contribution in [0.1, 0.15) is 0 Å². The summed E-state index contributed by atoms with van der Waals surface area (Å²) in [5, 5.41) is 0. The predicted molar refractivity (Wildman–Crippen MR) is 35.4 cm³/mol. The molecule has 6 heteroatoms. The van der Waals surface area contributed by atoms with E-state index in [-0.39, 0.29) is 0 Å². The van der Waals surface area contributed by atoms with Crippen molar-refractivity contribution in [3.63, 3.8) is 0 Å². The molecule has 0 aromatic carbocycles. The van der Waals surface area contributed by atoms with Crippen LogP contribution in [0.25, 0.3) is 0 Å². The molecule has 0 aliphatic carbocycles. The van der Waals surface area contributed by atoms with Crippen LogP contribution in [0.5, 0.6) is 0 Å². The average Bonchev–Trinajstić information content (AvgIpc) is 1.86. The molecule has 0 amide bonds. The van der Waals surface area contributed by atoms with Crippen molar-refractivity contribution in [3.05, 3.63) is 28.7 Å². The summed E-state index contributed by atoms with van der Waals surface area (Å²) in [6.07, 6.45) is 1.06. The van der Waals surface area contributed by atoms with E-state index in [1.807, 2.05) is 0 Å². The fraction of sp³-hybridized carbons (Fsp3) is 0. The summed E-state index contributed by atoms with van der Waals surface area (Å²) < 4.78 is 32.5. The van der Waals surface area contributed by atoms with E-state index in [1.165, 1.54) is 0 Å². The lowest BCUT2D eigenvalue weighted by Gasteiger charge is -1.89. The number of aromatic nitrogens is 1. The molecule has 0 spiro atoms. The molecule has 1 rings (SSSR count). The van der Waals surface area contributed by atoms with Gasteiger partial charge in [-0.25, -0.2) is 0 Å². The Morgan fingerprint density at radius 3 is 2.45 bits per heavy atom. The Kier molecular flexibility index (Phi) is 1.77. The highest BCUT2D eigenvalue weighted by Crippen LogP contribution is 2.06. The average molecular weight is 177 g/mol. The highest BCUT2D eigenvalue weighted by atomic mass is 32.3. The first-order valence-corrected chi connectivity index (χ1v) is 4.02. The van der Waals surface area contributed by atoms with Crippen molar-refractivity contribution in [1.82, 2.24) is 4.98 Å². The van der Waals surface area contributed by atoms with Crippen molar-refractivity contribution in [2.45, 2.75) is 4.90 Å². The molecule has 1 aromatic rings. The maximum absolute atomic E-state index is 12.1. The molecule has 0 saturated carbocycles. The number of nitrogens with one attached hydrogen (secondary N) is 1. The highest BCUT2D eigenvalue weighted by molar-refractivity contribution is 7.86. The number of aromatic amines is 1. The summed E-state index contributed by atoms with van der Waals surface area (Å²) in [7, 11) is -4.75. The third-order valence-corrected chi connectivity index (χ3v) is 1.85. The maximum Gasteiger partial charge on any atom is 0.332 e. The first-order chi connectivity index (χ1) is 5.00. The standard InChI is InChI=1S/C5H4FNO3S/c6-11(9,10)4-1-2-7-5(8)3-4/h1-3H,(H,7,8). The Bertz CT molecular complexity index is 408. The SMILES string of the molecule is O=c1cc(S(=O)(=O)F)cc[nH]1. The Hall–Kier alpha value is -1.17. The highest BCUT2D eigenvalue weighted by Gasteiger charge is 2.10. The van der Waals surface area contributed by atoms with Crippen LogP contribution in [-0.2, 0) is 10.2 Å². The normalized spacial score (nSPS) is 11.4. The lowest BCUT2D eigenvalue weighted by Crippen LogP contribution is -2.05. The van der Waals surface area contributed by atoms with Gasteiger partial charge in [0.05, 0.1) is 0 Å². The van der Waals surface area contributed by atoms with Crippen LogP contribution in [0.4, 0.5) is 3.89 Å². The van der Waals surface area contributed by atoms with E-state index in [0.29, 0.717) is 6.07 Å². The van der Waals surface area contributed by atoms with Crippen LogP contribution in [-0.4, -0.2) is 13.4 Å². The molecule has 0 unspecified atom stereocenters. The van der Waals surface area contributed by atoms with Crippen LogP contribution in [0.2, 0.25) is 0 Å². The van der Waals surface area contributed by atoms with Crippen LogP contribution in [0.3, 0.4) is 0 Å². The molecule has 11 heavy (non-hydrogen) atoms. The number of hydrogen-bond donors (Lipinski definition) is 1. The van der Waals surface area contributed by atoms with E-state index < -0.39 is 20.7 Å². The lowest BCUT2D eigenvalue weighted by molar-refractivity contribution is 0.552. The van der Waals surface area contributed by atoms with Gasteiger partial charge in [0.1, 0.15) is 4.90 Å². The van der Waals surface area contributed by atoms with Gasteiger partial charge in [-0.15, -0.1) is 3.89 Å². The Morgan fingerprint density at radius 1 is 1.45 bits per heavy atom. The Labute approximate surface area is 61.9 Å². The monoisotopic (exact) mass is 177 g/mol. The van der Waals surface area contributed by atoms with Gasteiger partial charge < -0.3 is 4.98 Å². The zero-order valence-electron chi connectivity index (χ0n) is 5.24. The molecule has 1 N–H and O–H groups in total. The lowest BCUT2D eigenvalue weighted by atomic mass is 10.5. The van der Waals surface area contributed by atoms with E-state index in [2.05, 4.69) is 4.98 Å². The van der Waals surface area contributed by atoms with Gasteiger partial charge in [-0.1, -0.05) is 0 Å². The van der Waals surface area contributed by atoms with Crippen molar-refractivity contribution < 1.29 is 12.3 Å². The summed E-state index contributed by atoms with van der Waals surface area (Å²) in [6, 6.07) is 1.64. The van der Waals surface area contributed by atoms with E-state index in [9.17, 15) is 17.1 Å². The van der Waals surface area contributed by atoms with E-state index >= 15 is 0 Å². The Balaban J connectivity index is 3.40. The van der Waals surface area contributed by atoms with E-state index in [0.717, 1.165) is 12.3 Å². The fourth-order valence-corrected chi connectivity index (χ4v) is 1.05. The number of halogens is 1. The molecule has 0 aliphatic rings. The maximum atomic E-state index is 12.1. The van der Waals surface area contributed by atoms with Gasteiger partial charge in [0.15, 0.2) is 0 Å². The summed E-state index contributed by atoms with van der Waals surface area (Å²) in [6.45, 7) is 0. The smallest absolute Gasteiger partial charge is 0.329 e. The summed E-state index contributed by atoms with van der Waals surface area (Å²) >= 11 is 0. The van der Waals surface area contributed by atoms with Crippen LogP contribution in [0, 0.1) is 0 Å². The molecular weight excluding hydrogens is 173 g/mol. The van der Waals surface area contributed by atoms with Gasteiger partial charge in [0, 0.05) is 12.3 Å². The molecule has 0 radical (unpaired) electrons. The van der Waals surface area contributed by atoms with Gasteiger partial charge >= 0.3 is 10.2 Å². The zero-order chi connectivity index (χ0) is 8.48.